The van der Waals surface area contributed by atoms with Crippen molar-refractivity contribution in [2.75, 3.05) is 5.32 Å². The van der Waals surface area contributed by atoms with E-state index < -0.39 is 16.0 Å². The van der Waals surface area contributed by atoms with Gasteiger partial charge >= 0.3 is 0 Å². The van der Waals surface area contributed by atoms with Crippen molar-refractivity contribution in [3.05, 3.63) is 23.8 Å². The number of hydrogen-bond acceptors (Lipinski definition) is 3. The van der Waals surface area contributed by atoms with Crippen molar-refractivity contribution < 1.29 is 13.8 Å². The Labute approximate surface area is 102 Å². The number of hydrogen-bond donors (Lipinski definition) is 1. The van der Waals surface area contributed by atoms with Crippen LogP contribution in [0.4, 0.5) is 5.69 Å². The van der Waals surface area contributed by atoms with Crippen molar-refractivity contribution in [3.8, 4) is 0 Å². The van der Waals surface area contributed by atoms with Gasteiger partial charge in [0.2, 0.25) is 5.91 Å². The molecule has 4 nitrogen and oxygen atoms in total. The van der Waals surface area contributed by atoms with E-state index >= 15 is 0 Å². The maximum atomic E-state index is 12.1. The van der Waals surface area contributed by atoms with E-state index in [4.69, 9.17) is 0 Å². The van der Waals surface area contributed by atoms with Gasteiger partial charge in [0.05, 0.1) is 21.4 Å². The Hall–Kier alpha value is -1.49. The minimum absolute atomic E-state index is 0.0783. The van der Waals surface area contributed by atoms with E-state index in [0.29, 0.717) is 22.6 Å². The number of carbonyl (C=O) groups is 2. The molecule has 1 aromatic rings. The third-order valence-electron chi connectivity index (χ3n) is 2.78. The molecule has 17 heavy (non-hydrogen) atoms. The van der Waals surface area contributed by atoms with Gasteiger partial charge < -0.3 is 5.32 Å². The van der Waals surface area contributed by atoms with E-state index in [-0.39, 0.29) is 11.7 Å². The summed E-state index contributed by atoms with van der Waals surface area (Å²) in [4.78, 5) is 23.5. The summed E-state index contributed by atoms with van der Waals surface area (Å²) in [5, 5.41) is 2.21. The van der Waals surface area contributed by atoms with Crippen LogP contribution < -0.4 is 5.32 Å². The van der Waals surface area contributed by atoms with Crippen LogP contribution in [-0.2, 0) is 15.6 Å². The molecule has 90 valence electrons. The predicted molar refractivity (Wildman–Crippen MR) is 65.6 cm³/mol. The number of fused-ring (bicyclic) bond motifs is 1. The van der Waals surface area contributed by atoms with Gasteiger partial charge in [0.1, 0.15) is 5.25 Å². The van der Waals surface area contributed by atoms with Crippen LogP contribution in [0, 0.1) is 0 Å². The molecule has 0 saturated heterocycles. The maximum Gasteiger partial charge on any atom is 0.240 e. The molecule has 0 fully saturated rings. The van der Waals surface area contributed by atoms with Crippen LogP contribution in [0.15, 0.2) is 23.1 Å². The number of rotatable bonds is 2. The molecular weight excluding hydrogens is 238 g/mol. The van der Waals surface area contributed by atoms with E-state index in [0.717, 1.165) is 0 Å². The molecule has 0 bridgehead atoms. The number of amides is 1. The summed E-state index contributed by atoms with van der Waals surface area (Å²) in [5.74, 6) is -0.315. The standard InChI is InChI=1S/C12H13NO3S/c1-3-10-12(15)13-9-6-8(7(2)14)4-5-11(9)17(10)16/h4-6,10H,3H2,1-2H3,(H,13,15). The maximum absolute atomic E-state index is 12.1. The molecule has 2 rings (SSSR count). The number of ketones is 1. The van der Waals surface area contributed by atoms with Crippen molar-refractivity contribution in [2.24, 2.45) is 0 Å². The second-order valence-electron chi connectivity index (χ2n) is 3.95. The molecule has 1 aliphatic rings. The average Bonchev–Trinajstić information content (AvgIpc) is 2.28. The Bertz CT molecular complexity index is 524. The Morgan fingerprint density at radius 3 is 2.76 bits per heavy atom. The molecule has 0 aliphatic carbocycles. The van der Waals surface area contributed by atoms with E-state index in [1.165, 1.54) is 6.92 Å². The van der Waals surface area contributed by atoms with E-state index in [2.05, 4.69) is 5.32 Å². The second kappa shape index (κ2) is 4.41. The van der Waals surface area contributed by atoms with E-state index in [9.17, 15) is 13.8 Å². The Morgan fingerprint density at radius 2 is 2.18 bits per heavy atom. The van der Waals surface area contributed by atoms with E-state index in [1.54, 1.807) is 18.2 Å². The van der Waals surface area contributed by atoms with Crippen LogP contribution in [0.25, 0.3) is 0 Å². The van der Waals surface area contributed by atoms with Gasteiger partial charge in [-0.2, -0.15) is 0 Å². The molecule has 1 heterocycles. The van der Waals surface area contributed by atoms with Crippen LogP contribution in [-0.4, -0.2) is 21.1 Å². The van der Waals surface area contributed by atoms with Crippen molar-refractivity contribution >= 4 is 28.2 Å². The number of nitrogens with one attached hydrogen (secondary N) is 1. The third kappa shape index (κ3) is 2.02. The summed E-state index contributed by atoms with van der Waals surface area (Å²) in [6.45, 7) is 3.29. The number of anilines is 1. The van der Waals surface area contributed by atoms with Crippen LogP contribution >= 0.6 is 0 Å². The van der Waals surface area contributed by atoms with Crippen LogP contribution in [0.2, 0.25) is 0 Å². The Kier molecular flexibility index (Phi) is 3.11. The van der Waals surface area contributed by atoms with Gasteiger partial charge in [0.25, 0.3) is 0 Å². The van der Waals surface area contributed by atoms with Gasteiger partial charge in [0.15, 0.2) is 5.78 Å². The summed E-state index contributed by atoms with van der Waals surface area (Å²) in [6, 6.07) is 4.88. The molecule has 0 spiro atoms. The first-order valence-electron chi connectivity index (χ1n) is 5.41. The number of Topliss-reactive ketones (excluding diaryl/α,β-unsaturated/α-hetero) is 1. The monoisotopic (exact) mass is 251 g/mol. The summed E-state index contributed by atoms with van der Waals surface area (Å²) in [7, 11) is -1.33. The molecule has 2 unspecified atom stereocenters. The number of benzene rings is 1. The highest BCUT2D eigenvalue weighted by Crippen LogP contribution is 2.29. The third-order valence-corrected chi connectivity index (χ3v) is 4.64. The lowest BCUT2D eigenvalue weighted by Crippen LogP contribution is -2.36. The van der Waals surface area contributed by atoms with Crippen molar-refractivity contribution in [2.45, 2.75) is 30.4 Å². The number of carbonyl (C=O) groups excluding carboxylic acids is 2. The lowest BCUT2D eigenvalue weighted by atomic mass is 10.1. The molecule has 0 saturated carbocycles. The quantitative estimate of drug-likeness (QED) is 0.814. The highest BCUT2D eigenvalue weighted by Gasteiger charge is 2.31. The zero-order valence-electron chi connectivity index (χ0n) is 9.65. The molecule has 1 aromatic carbocycles. The summed E-state index contributed by atoms with van der Waals surface area (Å²) >= 11 is 0. The van der Waals surface area contributed by atoms with Crippen molar-refractivity contribution in [1.82, 2.24) is 0 Å². The molecule has 2 atom stereocenters. The smallest absolute Gasteiger partial charge is 0.240 e. The first-order valence-corrected chi connectivity index (χ1v) is 6.62. The van der Waals surface area contributed by atoms with Gasteiger partial charge in [-0.05, 0) is 25.5 Å². The van der Waals surface area contributed by atoms with Gasteiger partial charge in [-0.25, -0.2) is 0 Å². The first kappa shape index (κ1) is 12.0. The normalized spacial score (nSPS) is 22.8. The lowest BCUT2D eigenvalue weighted by Gasteiger charge is -2.23. The fourth-order valence-electron chi connectivity index (χ4n) is 1.82. The predicted octanol–water partition coefficient (Wildman–Crippen LogP) is 1.73. The minimum Gasteiger partial charge on any atom is -0.324 e. The average molecular weight is 251 g/mol. The minimum atomic E-state index is -1.33. The highest BCUT2D eigenvalue weighted by molar-refractivity contribution is 7.86. The zero-order valence-corrected chi connectivity index (χ0v) is 10.5. The molecule has 1 aliphatic heterocycles. The topological polar surface area (TPSA) is 63.2 Å². The summed E-state index contributed by atoms with van der Waals surface area (Å²) < 4.78 is 12.1. The van der Waals surface area contributed by atoms with Crippen LogP contribution in [0.3, 0.4) is 0 Å². The zero-order chi connectivity index (χ0) is 12.6. The SMILES string of the molecule is CCC1C(=O)Nc2cc(C(C)=O)ccc2S1=O. The van der Waals surface area contributed by atoms with Crippen molar-refractivity contribution in [1.29, 1.82) is 0 Å². The van der Waals surface area contributed by atoms with Gasteiger partial charge in [-0.3, -0.25) is 13.8 Å². The molecule has 1 amide bonds. The fourth-order valence-corrected chi connectivity index (χ4v) is 3.21. The van der Waals surface area contributed by atoms with Gasteiger partial charge in [-0.1, -0.05) is 13.0 Å². The molecular formula is C12H13NO3S. The van der Waals surface area contributed by atoms with E-state index in [1.807, 2.05) is 6.92 Å². The second-order valence-corrected chi connectivity index (χ2v) is 5.55. The van der Waals surface area contributed by atoms with Gasteiger partial charge in [-0.15, -0.1) is 0 Å². The Balaban J connectivity index is 2.49. The summed E-state index contributed by atoms with van der Waals surface area (Å²) in [5.41, 5.74) is 1.00. The summed E-state index contributed by atoms with van der Waals surface area (Å²) in [6.07, 6.45) is 0.534. The molecule has 1 N–H and O–H groups in total. The lowest BCUT2D eigenvalue weighted by molar-refractivity contribution is -0.115. The molecule has 5 heteroatoms. The van der Waals surface area contributed by atoms with Gasteiger partial charge in [0, 0.05) is 5.56 Å². The largest absolute Gasteiger partial charge is 0.324 e. The van der Waals surface area contributed by atoms with Crippen LogP contribution in [0.5, 0.6) is 0 Å². The first-order chi connectivity index (χ1) is 8.04. The fraction of sp³-hybridized carbons (Fsp3) is 0.333. The Morgan fingerprint density at radius 1 is 1.47 bits per heavy atom. The molecule has 0 aromatic heterocycles. The van der Waals surface area contributed by atoms with Crippen LogP contribution in [0.1, 0.15) is 30.6 Å². The highest BCUT2D eigenvalue weighted by atomic mass is 32.2. The van der Waals surface area contributed by atoms with Crippen molar-refractivity contribution in [3.63, 3.8) is 0 Å². The molecule has 0 radical (unpaired) electrons.